The first-order valence-corrected chi connectivity index (χ1v) is 10.3. The van der Waals surface area contributed by atoms with Gasteiger partial charge in [-0.2, -0.15) is 0 Å². The van der Waals surface area contributed by atoms with Gasteiger partial charge in [-0.15, -0.1) is 0 Å². The van der Waals surface area contributed by atoms with Gasteiger partial charge in [0, 0.05) is 23.2 Å². The molecule has 0 bridgehead atoms. The van der Waals surface area contributed by atoms with Crippen LogP contribution in [-0.4, -0.2) is 31.6 Å². The van der Waals surface area contributed by atoms with Crippen LogP contribution in [0, 0.1) is 6.92 Å². The van der Waals surface area contributed by atoms with E-state index < -0.39 is 0 Å². The molecule has 7 nitrogen and oxygen atoms in total. The summed E-state index contributed by atoms with van der Waals surface area (Å²) >= 11 is 0. The molecule has 2 aliphatic rings. The highest BCUT2D eigenvalue weighted by Crippen LogP contribution is 2.43. The maximum Gasteiger partial charge on any atom is 0.231 e. The molecule has 0 atom stereocenters. The Morgan fingerprint density at radius 2 is 2.00 bits per heavy atom. The minimum atomic E-state index is -0.168. The highest BCUT2D eigenvalue weighted by atomic mass is 16.5. The minimum absolute atomic E-state index is 0.168. The van der Waals surface area contributed by atoms with Crippen LogP contribution in [0.2, 0.25) is 0 Å². The number of furan rings is 1. The monoisotopic (exact) mass is 433 g/mol. The lowest BCUT2D eigenvalue weighted by Gasteiger charge is -2.29. The number of ketones is 1. The van der Waals surface area contributed by atoms with Crippen molar-refractivity contribution in [2.75, 3.05) is 21.0 Å². The number of allylic oxidation sites excluding steroid dienone is 1. The standard InChI is InChI=1S/C25H23NO6/c1-15-24-17(12-26(14-31-24)13-19-5-4-8-30-19)10-20-23(27)22(32-25(15)20)11-16-9-18(28-2)6-7-21(16)29-3/h4-11H,12-14H2,1-3H3/b22-11-. The molecule has 0 saturated carbocycles. The maximum absolute atomic E-state index is 13.2. The first-order chi connectivity index (χ1) is 15.6. The van der Waals surface area contributed by atoms with E-state index >= 15 is 0 Å². The van der Waals surface area contributed by atoms with Gasteiger partial charge < -0.3 is 23.4 Å². The van der Waals surface area contributed by atoms with E-state index in [-0.39, 0.29) is 11.5 Å². The summed E-state index contributed by atoms with van der Waals surface area (Å²) in [6, 6.07) is 11.1. The summed E-state index contributed by atoms with van der Waals surface area (Å²) in [4.78, 5) is 15.3. The van der Waals surface area contributed by atoms with E-state index in [2.05, 4.69) is 4.90 Å². The average molecular weight is 433 g/mol. The second kappa shape index (κ2) is 8.09. The van der Waals surface area contributed by atoms with Crippen LogP contribution in [0.3, 0.4) is 0 Å². The third-order valence-corrected chi connectivity index (χ3v) is 5.68. The van der Waals surface area contributed by atoms with Crippen LogP contribution in [0.15, 0.2) is 52.8 Å². The summed E-state index contributed by atoms with van der Waals surface area (Å²) < 4.78 is 28.2. The SMILES string of the molecule is COc1ccc(OC)c(/C=C2\Oc3c(cc4c(c3C)OCN(Cc3ccco3)C4)C2=O)c1. The number of benzene rings is 2. The van der Waals surface area contributed by atoms with Gasteiger partial charge in [-0.25, -0.2) is 0 Å². The summed E-state index contributed by atoms with van der Waals surface area (Å²) in [5, 5.41) is 0. The smallest absolute Gasteiger partial charge is 0.231 e. The fourth-order valence-electron chi connectivity index (χ4n) is 4.11. The van der Waals surface area contributed by atoms with Gasteiger partial charge in [-0.1, -0.05) is 0 Å². The van der Waals surface area contributed by atoms with Crippen molar-refractivity contribution < 1.29 is 28.2 Å². The first-order valence-electron chi connectivity index (χ1n) is 10.3. The summed E-state index contributed by atoms with van der Waals surface area (Å²) in [6.45, 7) is 3.64. The number of methoxy groups -OCH3 is 2. The Balaban J connectivity index is 1.46. The highest BCUT2D eigenvalue weighted by molar-refractivity contribution is 6.15. The van der Waals surface area contributed by atoms with Crippen LogP contribution in [0.4, 0.5) is 0 Å². The third-order valence-electron chi connectivity index (χ3n) is 5.68. The van der Waals surface area contributed by atoms with Crippen LogP contribution in [-0.2, 0) is 13.1 Å². The van der Waals surface area contributed by atoms with E-state index in [9.17, 15) is 4.79 Å². The molecular formula is C25H23NO6. The largest absolute Gasteiger partial charge is 0.497 e. The normalized spacial score (nSPS) is 16.3. The van der Waals surface area contributed by atoms with Gasteiger partial charge in [0.15, 0.2) is 5.76 Å². The van der Waals surface area contributed by atoms with Crippen molar-refractivity contribution in [1.29, 1.82) is 0 Å². The topological polar surface area (TPSA) is 70.4 Å². The molecule has 0 fully saturated rings. The van der Waals surface area contributed by atoms with Gasteiger partial charge in [0.05, 0.1) is 32.6 Å². The molecule has 0 aliphatic carbocycles. The number of carbonyl (C=O) groups is 1. The molecule has 0 N–H and O–H groups in total. The van der Waals surface area contributed by atoms with Crippen molar-refractivity contribution in [3.8, 4) is 23.0 Å². The van der Waals surface area contributed by atoms with E-state index in [1.807, 2.05) is 25.1 Å². The van der Waals surface area contributed by atoms with Gasteiger partial charge in [-0.3, -0.25) is 9.69 Å². The zero-order chi connectivity index (χ0) is 22.2. The first kappa shape index (κ1) is 20.2. The van der Waals surface area contributed by atoms with Gasteiger partial charge in [0.25, 0.3) is 0 Å². The average Bonchev–Trinajstić information content (AvgIpc) is 3.42. The summed E-state index contributed by atoms with van der Waals surface area (Å²) in [5.41, 5.74) is 3.02. The van der Waals surface area contributed by atoms with Crippen LogP contribution < -0.4 is 18.9 Å². The van der Waals surface area contributed by atoms with Crippen molar-refractivity contribution in [3.05, 3.63) is 76.4 Å². The number of Topliss-reactive ketones (excluding diaryl/α,β-unsaturated/α-hetero) is 1. The molecule has 2 aliphatic heterocycles. The van der Waals surface area contributed by atoms with Gasteiger partial charge in [0.2, 0.25) is 5.78 Å². The molecule has 0 spiro atoms. The quantitative estimate of drug-likeness (QED) is 0.546. The van der Waals surface area contributed by atoms with Gasteiger partial charge in [-0.05, 0) is 49.4 Å². The van der Waals surface area contributed by atoms with Crippen LogP contribution >= 0.6 is 0 Å². The molecule has 0 saturated heterocycles. The summed E-state index contributed by atoms with van der Waals surface area (Å²) in [6.07, 6.45) is 3.35. The molecule has 32 heavy (non-hydrogen) atoms. The van der Waals surface area contributed by atoms with E-state index in [4.69, 9.17) is 23.4 Å². The molecule has 0 amide bonds. The fraction of sp³-hybridized carbons (Fsp3) is 0.240. The Bertz CT molecular complexity index is 1210. The lowest BCUT2D eigenvalue weighted by molar-refractivity contribution is 0.0813. The van der Waals surface area contributed by atoms with Crippen LogP contribution in [0.25, 0.3) is 6.08 Å². The predicted octanol–water partition coefficient (Wildman–Crippen LogP) is 4.57. The summed E-state index contributed by atoms with van der Waals surface area (Å²) in [5.74, 6) is 3.54. The molecule has 3 heterocycles. The van der Waals surface area contributed by atoms with Crippen molar-refractivity contribution in [2.45, 2.75) is 20.0 Å². The number of hydrogen-bond donors (Lipinski definition) is 0. The predicted molar refractivity (Wildman–Crippen MR) is 117 cm³/mol. The highest BCUT2D eigenvalue weighted by Gasteiger charge is 2.34. The molecule has 2 aromatic carbocycles. The second-order valence-corrected chi connectivity index (χ2v) is 7.75. The Morgan fingerprint density at radius 1 is 1.12 bits per heavy atom. The molecule has 0 unspecified atom stereocenters. The molecule has 5 rings (SSSR count). The van der Waals surface area contributed by atoms with Crippen LogP contribution in [0.1, 0.15) is 32.8 Å². The van der Waals surface area contributed by atoms with Gasteiger partial charge in [0.1, 0.15) is 35.5 Å². The van der Waals surface area contributed by atoms with E-state index in [1.165, 1.54) is 0 Å². The second-order valence-electron chi connectivity index (χ2n) is 7.75. The summed E-state index contributed by atoms with van der Waals surface area (Å²) in [7, 11) is 3.18. The van der Waals surface area contributed by atoms with E-state index in [0.29, 0.717) is 48.2 Å². The maximum atomic E-state index is 13.2. The minimum Gasteiger partial charge on any atom is -0.497 e. The van der Waals surface area contributed by atoms with E-state index in [1.54, 1.807) is 44.8 Å². The van der Waals surface area contributed by atoms with Crippen molar-refractivity contribution in [1.82, 2.24) is 4.90 Å². The number of nitrogens with zero attached hydrogens (tertiary/aromatic N) is 1. The Labute approximate surface area is 185 Å². The number of carbonyl (C=O) groups excluding carboxylic acids is 1. The van der Waals surface area contributed by atoms with Crippen molar-refractivity contribution >= 4 is 11.9 Å². The van der Waals surface area contributed by atoms with E-state index in [0.717, 1.165) is 22.6 Å². The Kier molecular flexibility index (Phi) is 5.11. The lowest BCUT2D eigenvalue weighted by Crippen LogP contribution is -2.31. The lowest BCUT2D eigenvalue weighted by atomic mass is 10.00. The van der Waals surface area contributed by atoms with Crippen molar-refractivity contribution in [3.63, 3.8) is 0 Å². The number of hydrogen-bond acceptors (Lipinski definition) is 7. The fourth-order valence-corrected chi connectivity index (χ4v) is 4.11. The molecule has 7 heteroatoms. The van der Waals surface area contributed by atoms with Crippen molar-refractivity contribution in [2.24, 2.45) is 0 Å². The molecule has 1 aromatic heterocycles. The molecule has 0 radical (unpaired) electrons. The number of rotatable bonds is 5. The van der Waals surface area contributed by atoms with Crippen LogP contribution in [0.5, 0.6) is 23.0 Å². The molecular weight excluding hydrogens is 410 g/mol. The Hall–Kier alpha value is -3.71. The zero-order valence-electron chi connectivity index (χ0n) is 18.1. The Morgan fingerprint density at radius 3 is 2.75 bits per heavy atom. The number of fused-ring (bicyclic) bond motifs is 2. The number of ether oxygens (including phenoxy) is 4. The molecule has 164 valence electrons. The third kappa shape index (κ3) is 3.50. The zero-order valence-corrected chi connectivity index (χ0v) is 18.1. The van der Waals surface area contributed by atoms with Gasteiger partial charge >= 0.3 is 0 Å². The molecule has 3 aromatic rings.